The van der Waals surface area contributed by atoms with Crippen LogP contribution in [-0.2, 0) is 14.9 Å². The van der Waals surface area contributed by atoms with Gasteiger partial charge in [0.2, 0.25) is 0 Å². The number of ether oxygens (including phenoxy) is 2. The molecule has 1 amide bonds. The summed E-state index contributed by atoms with van der Waals surface area (Å²) < 4.78 is 12.7. The van der Waals surface area contributed by atoms with Gasteiger partial charge in [0.25, 0.3) is 0 Å². The van der Waals surface area contributed by atoms with E-state index in [1.165, 1.54) is 0 Å². The van der Waals surface area contributed by atoms with Crippen LogP contribution in [0.1, 0.15) is 47.2 Å². The van der Waals surface area contributed by atoms with Crippen LogP contribution in [0.5, 0.6) is 0 Å². The van der Waals surface area contributed by atoms with Gasteiger partial charge in [-0.25, -0.2) is 9.48 Å². The summed E-state index contributed by atoms with van der Waals surface area (Å²) in [7, 11) is 0. The largest absolute Gasteiger partial charge is 0.444 e. The highest BCUT2D eigenvalue weighted by Gasteiger charge is 2.24. The van der Waals surface area contributed by atoms with Gasteiger partial charge in [-0.05, 0) is 39.0 Å². The van der Waals surface area contributed by atoms with Crippen molar-refractivity contribution in [3.05, 3.63) is 36.0 Å². The molecule has 158 valence electrons. The van der Waals surface area contributed by atoms with E-state index in [9.17, 15) is 4.79 Å². The molecule has 7 heteroatoms. The van der Waals surface area contributed by atoms with Crippen LogP contribution >= 0.6 is 0 Å². The van der Waals surface area contributed by atoms with Crippen LogP contribution in [-0.4, -0.2) is 47.8 Å². The molecule has 7 nitrogen and oxygen atoms in total. The minimum Gasteiger partial charge on any atom is -0.444 e. The van der Waals surface area contributed by atoms with Crippen molar-refractivity contribution in [1.29, 1.82) is 0 Å². The van der Waals surface area contributed by atoms with Crippen LogP contribution in [0.2, 0.25) is 0 Å². The molecule has 1 aromatic heterocycles. The van der Waals surface area contributed by atoms with Crippen LogP contribution in [0, 0.1) is 0 Å². The van der Waals surface area contributed by atoms with Gasteiger partial charge >= 0.3 is 6.09 Å². The van der Waals surface area contributed by atoms with Crippen molar-refractivity contribution in [3.63, 3.8) is 0 Å². The van der Waals surface area contributed by atoms with Crippen LogP contribution < -0.4 is 10.2 Å². The number of nitrogens with one attached hydrogen (secondary N) is 1. The van der Waals surface area contributed by atoms with E-state index in [4.69, 9.17) is 14.6 Å². The summed E-state index contributed by atoms with van der Waals surface area (Å²) in [6.07, 6.45) is -0.497. The van der Waals surface area contributed by atoms with Crippen molar-refractivity contribution in [3.8, 4) is 5.69 Å². The first-order valence-electron chi connectivity index (χ1n) is 10.1. The molecule has 0 unspecified atom stereocenters. The van der Waals surface area contributed by atoms with Gasteiger partial charge < -0.3 is 14.4 Å². The number of carbonyl (C=O) groups is 1. The number of benzene rings is 1. The molecule has 1 aliphatic heterocycles. The van der Waals surface area contributed by atoms with Crippen LogP contribution in [0.3, 0.4) is 0 Å². The lowest BCUT2D eigenvalue weighted by atomic mass is 9.92. The lowest BCUT2D eigenvalue weighted by molar-refractivity contribution is 0.0635. The van der Waals surface area contributed by atoms with Gasteiger partial charge in [0.05, 0.1) is 24.6 Å². The van der Waals surface area contributed by atoms with E-state index in [1.54, 1.807) is 4.68 Å². The Bertz CT molecular complexity index is 856. The number of carbonyl (C=O) groups excluding carboxylic acids is 1. The quantitative estimate of drug-likeness (QED) is 0.829. The van der Waals surface area contributed by atoms with E-state index in [0.717, 1.165) is 43.4 Å². The van der Waals surface area contributed by atoms with Crippen molar-refractivity contribution >= 4 is 17.6 Å². The number of anilines is 2. The van der Waals surface area contributed by atoms with Gasteiger partial charge in [-0.1, -0.05) is 26.8 Å². The Balaban J connectivity index is 1.95. The predicted octanol–water partition coefficient (Wildman–Crippen LogP) is 4.35. The van der Waals surface area contributed by atoms with E-state index < -0.39 is 11.7 Å². The smallest absolute Gasteiger partial charge is 0.413 e. The highest BCUT2D eigenvalue weighted by atomic mass is 16.6. The second-order valence-electron chi connectivity index (χ2n) is 9.32. The molecule has 0 saturated carbocycles. The van der Waals surface area contributed by atoms with Gasteiger partial charge in [-0.15, -0.1) is 0 Å². The standard InChI is InChI=1S/C22H32N4O3/c1-21(2,3)18-15-19(23-20(27)29-22(4,5)6)26(24-18)17-9-7-8-16(14-17)25-10-12-28-13-11-25/h7-9,14-15H,10-13H2,1-6H3,(H,23,27). The number of hydrogen-bond donors (Lipinski definition) is 1. The third kappa shape index (κ3) is 5.50. The Hall–Kier alpha value is -2.54. The van der Waals surface area contributed by atoms with E-state index in [0.29, 0.717) is 5.82 Å². The minimum absolute atomic E-state index is 0.155. The van der Waals surface area contributed by atoms with Gasteiger partial charge in [0, 0.05) is 30.3 Å². The number of nitrogens with zero attached hydrogens (tertiary/aromatic N) is 3. The molecule has 0 aliphatic carbocycles. The Morgan fingerprint density at radius 3 is 2.34 bits per heavy atom. The van der Waals surface area contributed by atoms with Crippen molar-refractivity contribution in [2.75, 3.05) is 36.5 Å². The maximum atomic E-state index is 12.4. The predicted molar refractivity (Wildman–Crippen MR) is 115 cm³/mol. The molecule has 2 aromatic rings. The van der Waals surface area contributed by atoms with E-state index in [1.807, 2.05) is 39.0 Å². The van der Waals surface area contributed by atoms with E-state index in [2.05, 4.69) is 43.1 Å². The number of morpholine rings is 1. The van der Waals surface area contributed by atoms with Crippen molar-refractivity contribution in [2.45, 2.75) is 52.6 Å². The van der Waals surface area contributed by atoms with Gasteiger partial charge in [0.1, 0.15) is 11.4 Å². The summed E-state index contributed by atoms with van der Waals surface area (Å²) in [5.74, 6) is 0.586. The third-order valence-corrected chi connectivity index (χ3v) is 4.56. The summed E-state index contributed by atoms with van der Waals surface area (Å²) in [6.45, 7) is 15.0. The van der Waals surface area contributed by atoms with Crippen LogP contribution in [0.4, 0.5) is 16.3 Å². The molecule has 3 rings (SSSR count). The number of hydrogen-bond acceptors (Lipinski definition) is 5. The first-order chi connectivity index (χ1) is 13.5. The molecule has 0 spiro atoms. The van der Waals surface area contributed by atoms with Crippen molar-refractivity contribution in [2.24, 2.45) is 0 Å². The highest BCUT2D eigenvalue weighted by Crippen LogP contribution is 2.28. The summed E-state index contributed by atoms with van der Waals surface area (Å²) in [4.78, 5) is 14.7. The van der Waals surface area contributed by atoms with Gasteiger partial charge in [0.15, 0.2) is 0 Å². The Morgan fingerprint density at radius 2 is 1.72 bits per heavy atom. The van der Waals surface area contributed by atoms with Gasteiger partial charge in [-0.2, -0.15) is 5.10 Å². The molecule has 1 aromatic carbocycles. The minimum atomic E-state index is -0.571. The zero-order valence-corrected chi connectivity index (χ0v) is 18.3. The summed E-state index contributed by atoms with van der Waals surface area (Å²) in [5.41, 5.74) is 2.16. The Morgan fingerprint density at radius 1 is 1.07 bits per heavy atom. The third-order valence-electron chi connectivity index (χ3n) is 4.56. The molecular weight excluding hydrogens is 368 g/mol. The summed E-state index contributed by atoms with van der Waals surface area (Å²) in [6, 6.07) is 10.1. The number of rotatable bonds is 3. The Labute approximate surface area is 173 Å². The molecule has 29 heavy (non-hydrogen) atoms. The average Bonchev–Trinajstić information content (AvgIpc) is 3.05. The summed E-state index contributed by atoms with van der Waals surface area (Å²) in [5, 5.41) is 7.65. The maximum absolute atomic E-state index is 12.4. The fourth-order valence-electron chi connectivity index (χ4n) is 3.08. The van der Waals surface area contributed by atoms with Gasteiger partial charge in [-0.3, -0.25) is 5.32 Å². The fourth-order valence-corrected chi connectivity index (χ4v) is 3.08. The first-order valence-corrected chi connectivity index (χ1v) is 10.1. The average molecular weight is 401 g/mol. The van der Waals surface area contributed by atoms with Crippen molar-refractivity contribution < 1.29 is 14.3 Å². The zero-order valence-electron chi connectivity index (χ0n) is 18.3. The fraction of sp³-hybridized carbons (Fsp3) is 0.545. The molecular formula is C22H32N4O3. The van der Waals surface area contributed by atoms with E-state index in [-0.39, 0.29) is 5.41 Å². The lowest BCUT2D eigenvalue weighted by Crippen LogP contribution is -2.36. The van der Waals surface area contributed by atoms with Crippen LogP contribution in [0.25, 0.3) is 5.69 Å². The number of amides is 1. The molecule has 0 radical (unpaired) electrons. The lowest BCUT2D eigenvalue weighted by Gasteiger charge is -2.29. The Kier molecular flexibility index (Phi) is 5.89. The molecule has 1 saturated heterocycles. The molecule has 0 atom stereocenters. The molecule has 0 bridgehead atoms. The normalized spacial score (nSPS) is 15.3. The van der Waals surface area contributed by atoms with Crippen LogP contribution in [0.15, 0.2) is 30.3 Å². The number of aromatic nitrogens is 2. The second-order valence-corrected chi connectivity index (χ2v) is 9.32. The topological polar surface area (TPSA) is 68.6 Å². The molecule has 1 N–H and O–H groups in total. The zero-order chi connectivity index (χ0) is 21.2. The summed E-state index contributed by atoms with van der Waals surface area (Å²) >= 11 is 0. The molecule has 1 aliphatic rings. The highest BCUT2D eigenvalue weighted by molar-refractivity contribution is 5.84. The molecule has 2 heterocycles. The second kappa shape index (κ2) is 8.06. The van der Waals surface area contributed by atoms with Crippen molar-refractivity contribution in [1.82, 2.24) is 9.78 Å². The molecule has 1 fully saturated rings. The van der Waals surface area contributed by atoms with E-state index >= 15 is 0 Å². The monoisotopic (exact) mass is 400 g/mol. The first kappa shape index (κ1) is 21.2. The SMILES string of the molecule is CC(C)(C)OC(=O)Nc1cc(C(C)(C)C)nn1-c1cccc(N2CCOCC2)c1. The maximum Gasteiger partial charge on any atom is 0.413 e.